The zero-order chi connectivity index (χ0) is 18.3. The summed E-state index contributed by atoms with van der Waals surface area (Å²) in [5, 5.41) is 0. The number of hydrogen-bond acceptors (Lipinski definition) is 2. The van der Waals surface area contributed by atoms with Gasteiger partial charge in [0.2, 0.25) is 10.0 Å². The van der Waals surface area contributed by atoms with Crippen molar-refractivity contribution in [3.8, 4) is 0 Å². The highest BCUT2D eigenvalue weighted by Crippen LogP contribution is 2.36. The van der Waals surface area contributed by atoms with Crippen LogP contribution in [0, 0.1) is 12.7 Å². The number of aromatic nitrogens is 1. The minimum atomic E-state index is -3.98. The van der Waals surface area contributed by atoms with Crippen LogP contribution in [0.3, 0.4) is 0 Å². The number of halogens is 1. The van der Waals surface area contributed by atoms with Crippen LogP contribution < -0.4 is 0 Å². The minimum absolute atomic E-state index is 0.280. The van der Waals surface area contributed by atoms with Crippen molar-refractivity contribution in [1.29, 1.82) is 0 Å². The van der Waals surface area contributed by atoms with Crippen LogP contribution in [-0.4, -0.2) is 23.8 Å². The number of benzene rings is 2. The molecule has 0 bridgehead atoms. The molecule has 2 heterocycles. The predicted octanol–water partition coefficient (Wildman–Crippen LogP) is 3.73. The first-order valence-corrected chi connectivity index (χ1v) is 9.90. The maximum absolute atomic E-state index is 14.2. The molecule has 0 amide bonds. The fourth-order valence-corrected chi connectivity index (χ4v) is 5.13. The van der Waals surface area contributed by atoms with Gasteiger partial charge in [0.1, 0.15) is 10.7 Å². The zero-order valence-electron chi connectivity index (χ0n) is 14.3. The third kappa shape index (κ3) is 2.75. The van der Waals surface area contributed by atoms with E-state index in [0.717, 1.165) is 16.8 Å². The van der Waals surface area contributed by atoms with Crippen LogP contribution in [0.5, 0.6) is 0 Å². The van der Waals surface area contributed by atoms with Crippen molar-refractivity contribution in [2.24, 2.45) is 0 Å². The van der Waals surface area contributed by atoms with E-state index in [0.29, 0.717) is 6.54 Å². The van der Waals surface area contributed by atoms with E-state index in [1.54, 1.807) is 6.07 Å². The molecule has 0 fully saturated rings. The molecule has 0 radical (unpaired) electrons. The average molecular weight is 370 g/mol. The van der Waals surface area contributed by atoms with Crippen LogP contribution in [0.2, 0.25) is 0 Å². The monoisotopic (exact) mass is 370 g/mol. The SMILES string of the molecule is Cc1ccc(C2c3cccn3CCN2S(=O)(=O)c2ccccc2F)cc1. The Morgan fingerprint density at radius 3 is 2.42 bits per heavy atom. The number of rotatable bonds is 3. The number of aryl methyl sites for hydroxylation is 1. The van der Waals surface area contributed by atoms with E-state index in [-0.39, 0.29) is 11.4 Å². The van der Waals surface area contributed by atoms with Gasteiger partial charge in [0, 0.05) is 25.0 Å². The lowest BCUT2D eigenvalue weighted by atomic mass is 10.0. The van der Waals surface area contributed by atoms with Crippen molar-refractivity contribution in [3.05, 3.63) is 89.5 Å². The van der Waals surface area contributed by atoms with Crippen molar-refractivity contribution in [1.82, 2.24) is 8.87 Å². The standard InChI is InChI=1S/C20H19FN2O2S/c1-15-8-10-16(11-9-15)20-18-6-4-12-22(18)13-14-23(20)26(24,25)19-7-3-2-5-17(19)21/h2-12,20H,13-14H2,1H3. The summed E-state index contributed by atoms with van der Waals surface area (Å²) in [6.45, 7) is 2.82. The van der Waals surface area contributed by atoms with Gasteiger partial charge in [-0.25, -0.2) is 12.8 Å². The Labute approximate surface area is 152 Å². The number of nitrogens with zero attached hydrogens (tertiary/aromatic N) is 2. The Morgan fingerprint density at radius 2 is 1.69 bits per heavy atom. The van der Waals surface area contributed by atoms with Crippen molar-refractivity contribution in [2.75, 3.05) is 6.54 Å². The van der Waals surface area contributed by atoms with E-state index in [1.807, 2.05) is 49.5 Å². The third-order valence-electron chi connectivity index (χ3n) is 4.81. The van der Waals surface area contributed by atoms with Gasteiger partial charge in [-0.2, -0.15) is 4.31 Å². The average Bonchev–Trinajstić information content (AvgIpc) is 3.10. The smallest absolute Gasteiger partial charge is 0.246 e. The molecule has 6 heteroatoms. The predicted molar refractivity (Wildman–Crippen MR) is 97.7 cm³/mol. The Bertz CT molecular complexity index is 1040. The maximum Gasteiger partial charge on any atom is 0.246 e. The summed E-state index contributed by atoms with van der Waals surface area (Å²) >= 11 is 0. The van der Waals surface area contributed by atoms with Gasteiger partial charge in [-0.15, -0.1) is 0 Å². The quantitative estimate of drug-likeness (QED) is 0.705. The molecule has 26 heavy (non-hydrogen) atoms. The molecule has 4 nitrogen and oxygen atoms in total. The number of fused-ring (bicyclic) bond motifs is 1. The molecular weight excluding hydrogens is 351 g/mol. The van der Waals surface area contributed by atoms with Crippen LogP contribution in [0.1, 0.15) is 22.9 Å². The second kappa shape index (κ2) is 6.37. The first-order valence-electron chi connectivity index (χ1n) is 8.46. The highest BCUT2D eigenvalue weighted by atomic mass is 32.2. The van der Waals surface area contributed by atoms with Gasteiger partial charge in [0.25, 0.3) is 0 Å². The van der Waals surface area contributed by atoms with Gasteiger partial charge in [-0.1, -0.05) is 42.0 Å². The molecule has 4 rings (SSSR count). The van der Waals surface area contributed by atoms with Gasteiger partial charge >= 0.3 is 0 Å². The number of hydrogen-bond donors (Lipinski definition) is 0. The van der Waals surface area contributed by atoms with Crippen molar-refractivity contribution < 1.29 is 12.8 Å². The van der Waals surface area contributed by atoms with Gasteiger partial charge in [0.05, 0.1) is 6.04 Å². The summed E-state index contributed by atoms with van der Waals surface area (Å²) in [7, 11) is -3.98. The van der Waals surface area contributed by atoms with Gasteiger partial charge < -0.3 is 4.57 Å². The molecular formula is C20H19FN2O2S. The van der Waals surface area contributed by atoms with E-state index in [2.05, 4.69) is 4.57 Å². The molecule has 1 aromatic heterocycles. The summed E-state index contributed by atoms with van der Waals surface area (Å²) in [5.41, 5.74) is 2.86. The first kappa shape index (κ1) is 17.0. The van der Waals surface area contributed by atoms with E-state index in [4.69, 9.17) is 0 Å². The molecule has 2 aromatic carbocycles. The summed E-state index contributed by atoms with van der Waals surface area (Å²) in [6, 6.07) is 16.7. The normalized spacial score (nSPS) is 17.8. The van der Waals surface area contributed by atoms with E-state index < -0.39 is 21.9 Å². The molecule has 1 aliphatic heterocycles. The van der Waals surface area contributed by atoms with E-state index >= 15 is 0 Å². The van der Waals surface area contributed by atoms with Crippen molar-refractivity contribution in [3.63, 3.8) is 0 Å². The molecule has 3 aromatic rings. The lowest BCUT2D eigenvalue weighted by molar-refractivity contribution is 0.297. The zero-order valence-corrected chi connectivity index (χ0v) is 15.2. The second-order valence-corrected chi connectivity index (χ2v) is 8.34. The van der Waals surface area contributed by atoms with Crippen LogP contribution in [0.4, 0.5) is 4.39 Å². The van der Waals surface area contributed by atoms with Crippen molar-refractivity contribution in [2.45, 2.75) is 24.4 Å². The lowest BCUT2D eigenvalue weighted by Crippen LogP contribution is -2.42. The third-order valence-corrected chi connectivity index (χ3v) is 6.71. The molecule has 1 aliphatic rings. The summed E-state index contributed by atoms with van der Waals surface area (Å²) in [6.07, 6.45) is 1.95. The molecule has 0 saturated heterocycles. The summed E-state index contributed by atoms with van der Waals surface area (Å²) in [5.74, 6) is -0.726. The lowest BCUT2D eigenvalue weighted by Gasteiger charge is -2.36. The summed E-state index contributed by atoms with van der Waals surface area (Å²) < 4.78 is 44.2. The molecule has 1 atom stereocenters. The molecule has 1 unspecified atom stereocenters. The Kier molecular flexibility index (Phi) is 4.17. The highest BCUT2D eigenvalue weighted by Gasteiger charge is 2.38. The van der Waals surface area contributed by atoms with Crippen LogP contribution >= 0.6 is 0 Å². The van der Waals surface area contributed by atoms with Gasteiger partial charge in [-0.3, -0.25) is 0 Å². The van der Waals surface area contributed by atoms with Crippen LogP contribution in [0.25, 0.3) is 0 Å². The Morgan fingerprint density at radius 1 is 0.962 bits per heavy atom. The van der Waals surface area contributed by atoms with Gasteiger partial charge in [0.15, 0.2) is 0 Å². The number of sulfonamides is 1. The molecule has 0 aliphatic carbocycles. The largest absolute Gasteiger partial charge is 0.348 e. The second-order valence-electron chi connectivity index (χ2n) is 6.49. The fourth-order valence-electron chi connectivity index (χ4n) is 3.49. The van der Waals surface area contributed by atoms with Gasteiger partial charge in [-0.05, 0) is 36.8 Å². The highest BCUT2D eigenvalue weighted by molar-refractivity contribution is 7.89. The van der Waals surface area contributed by atoms with Crippen LogP contribution in [0.15, 0.2) is 71.8 Å². The molecule has 0 N–H and O–H groups in total. The molecule has 134 valence electrons. The minimum Gasteiger partial charge on any atom is -0.348 e. The first-order chi connectivity index (χ1) is 12.5. The Hall–Kier alpha value is -2.44. The molecule has 0 saturated carbocycles. The Balaban J connectivity index is 1.87. The van der Waals surface area contributed by atoms with E-state index in [1.165, 1.54) is 22.5 Å². The topological polar surface area (TPSA) is 42.3 Å². The molecule has 0 spiro atoms. The van der Waals surface area contributed by atoms with Crippen molar-refractivity contribution >= 4 is 10.0 Å². The maximum atomic E-state index is 14.2. The van der Waals surface area contributed by atoms with E-state index in [9.17, 15) is 12.8 Å². The van der Waals surface area contributed by atoms with Crippen LogP contribution in [-0.2, 0) is 16.6 Å². The summed E-state index contributed by atoms with van der Waals surface area (Å²) in [4.78, 5) is -0.280. The fraction of sp³-hybridized carbons (Fsp3) is 0.200.